The second-order valence-electron chi connectivity index (χ2n) is 6.41. The number of nitrogens with one attached hydrogen (secondary N) is 1. The van der Waals surface area contributed by atoms with Crippen LogP contribution in [-0.2, 0) is 9.53 Å². The number of allylic oxidation sites excluding steroid dienone is 1. The molecule has 0 saturated carbocycles. The summed E-state index contributed by atoms with van der Waals surface area (Å²) in [4.78, 5) is 25.8. The van der Waals surface area contributed by atoms with Crippen molar-refractivity contribution in [1.29, 1.82) is 0 Å². The number of ether oxygens (including phenoxy) is 1. The largest absolute Gasteiger partial charge is 0.412 e. The lowest BCUT2D eigenvalue weighted by Gasteiger charge is -2.24. The highest BCUT2D eigenvalue weighted by atomic mass is 16.6. The minimum absolute atomic E-state index is 0.0122. The van der Waals surface area contributed by atoms with Gasteiger partial charge in [-0.3, -0.25) is 4.79 Å². The van der Waals surface area contributed by atoms with E-state index in [1.165, 1.54) is 12.6 Å². The van der Waals surface area contributed by atoms with Crippen LogP contribution in [0.1, 0.15) is 52.0 Å². The van der Waals surface area contributed by atoms with E-state index in [0.29, 0.717) is 0 Å². The maximum Gasteiger partial charge on any atom is 0.412 e. The molecule has 0 bridgehead atoms. The van der Waals surface area contributed by atoms with Crippen molar-refractivity contribution >= 4 is 23.6 Å². The first-order valence-electron chi connectivity index (χ1n) is 9.66. The number of nitrogens with zero attached hydrogens (tertiary/aromatic N) is 1. The van der Waals surface area contributed by atoms with Gasteiger partial charge in [-0.05, 0) is 36.6 Å². The molecule has 0 radical (unpaired) electrons. The number of benzene rings is 1. The van der Waals surface area contributed by atoms with E-state index in [2.05, 4.69) is 30.6 Å². The number of hydrogen-bond acceptors (Lipinski definition) is 4. The monoisotopic (exact) mass is 372 g/mol. The number of hydrogen-bond donors (Lipinski definition) is 1. The summed E-state index contributed by atoms with van der Waals surface area (Å²) in [6.45, 7) is 11.6. The second-order valence-corrected chi connectivity index (χ2v) is 6.41. The van der Waals surface area contributed by atoms with Gasteiger partial charge in [0.15, 0.2) is 11.5 Å². The molecule has 0 atom stereocenters. The molecule has 0 aromatic heterocycles. The van der Waals surface area contributed by atoms with Crippen LogP contribution in [0.4, 0.5) is 10.5 Å². The third-order valence-electron chi connectivity index (χ3n) is 4.06. The second kappa shape index (κ2) is 12.7. The van der Waals surface area contributed by atoms with Crippen LogP contribution >= 0.6 is 0 Å². The Balaban J connectivity index is 2.89. The zero-order valence-electron chi connectivity index (χ0n) is 16.8. The van der Waals surface area contributed by atoms with Gasteiger partial charge >= 0.3 is 6.09 Å². The van der Waals surface area contributed by atoms with Crippen LogP contribution in [0.3, 0.4) is 0 Å². The molecule has 1 aromatic carbocycles. The zero-order chi connectivity index (χ0) is 20.1. The predicted octanol–water partition coefficient (Wildman–Crippen LogP) is 4.94. The Morgan fingerprint density at radius 2 is 1.70 bits per heavy atom. The smallest absolute Gasteiger partial charge is 0.407 e. The Hall–Kier alpha value is -2.56. The fourth-order valence-corrected chi connectivity index (χ4v) is 2.50. The molecule has 1 aromatic rings. The van der Waals surface area contributed by atoms with Gasteiger partial charge in [0.05, 0.1) is 0 Å². The minimum Gasteiger partial charge on any atom is -0.407 e. The standard InChI is InChI=1S/C22H32N2O3/c1-5-8-15-24(16-9-6-2)20-12-10-19(11-13-20)17-21(18(4)25)27-22(26)23-14-7-3/h7,10-13,17H,3,5-6,8-9,14-16H2,1-2,4H3,(H,23,26)/b21-17+. The first kappa shape index (κ1) is 22.5. The summed E-state index contributed by atoms with van der Waals surface area (Å²) in [5.74, 6) is -0.293. The van der Waals surface area contributed by atoms with E-state index >= 15 is 0 Å². The fourth-order valence-electron chi connectivity index (χ4n) is 2.50. The number of rotatable bonds is 12. The number of carbonyl (C=O) groups is 2. The van der Waals surface area contributed by atoms with Gasteiger partial charge in [0.2, 0.25) is 0 Å². The summed E-state index contributed by atoms with van der Waals surface area (Å²) < 4.78 is 5.11. The van der Waals surface area contributed by atoms with Gasteiger partial charge in [-0.15, -0.1) is 6.58 Å². The Morgan fingerprint density at radius 3 is 2.19 bits per heavy atom. The molecule has 27 heavy (non-hydrogen) atoms. The maximum atomic E-state index is 11.8. The van der Waals surface area contributed by atoms with Gasteiger partial charge < -0.3 is 15.0 Å². The number of carbonyl (C=O) groups excluding carboxylic acids is 2. The highest BCUT2D eigenvalue weighted by Crippen LogP contribution is 2.19. The summed E-state index contributed by atoms with van der Waals surface area (Å²) in [5.41, 5.74) is 1.98. The molecule has 5 nitrogen and oxygen atoms in total. The Labute approximate surface area is 163 Å². The lowest BCUT2D eigenvalue weighted by atomic mass is 10.1. The van der Waals surface area contributed by atoms with Crippen LogP contribution in [0.2, 0.25) is 0 Å². The van der Waals surface area contributed by atoms with E-state index in [-0.39, 0.29) is 18.1 Å². The highest BCUT2D eigenvalue weighted by molar-refractivity contribution is 5.97. The van der Waals surface area contributed by atoms with E-state index in [0.717, 1.165) is 44.3 Å². The van der Waals surface area contributed by atoms with Gasteiger partial charge in [-0.1, -0.05) is 44.9 Å². The Morgan fingerprint density at radius 1 is 1.11 bits per heavy atom. The highest BCUT2D eigenvalue weighted by Gasteiger charge is 2.11. The molecule has 0 spiro atoms. The summed E-state index contributed by atoms with van der Waals surface area (Å²) in [6.07, 6.45) is 7.11. The van der Waals surface area contributed by atoms with E-state index < -0.39 is 6.09 Å². The van der Waals surface area contributed by atoms with Crippen molar-refractivity contribution in [2.75, 3.05) is 24.5 Å². The number of amides is 1. The lowest BCUT2D eigenvalue weighted by Crippen LogP contribution is -2.25. The topological polar surface area (TPSA) is 58.6 Å². The summed E-state index contributed by atoms with van der Waals surface area (Å²) in [5, 5.41) is 2.49. The molecule has 1 amide bonds. The van der Waals surface area contributed by atoms with Crippen molar-refractivity contribution < 1.29 is 14.3 Å². The van der Waals surface area contributed by atoms with Gasteiger partial charge in [0.25, 0.3) is 0 Å². The van der Waals surface area contributed by atoms with E-state index in [9.17, 15) is 9.59 Å². The van der Waals surface area contributed by atoms with Gasteiger partial charge in [-0.25, -0.2) is 4.79 Å². The molecule has 0 aliphatic carbocycles. The number of unbranched alkanes of at least 4 members (excludes halogenated alkanes) is 2. The van der Waals surface area contributed by atoms with Crippen LogP contribution in [0.25, 0.3) is 6.08 Å². The fraction of sp³-hybridized carbons (Fsp3) is 0.455. The van der Waals surface area contributed by atoms with Gasteiger partial charge in [-0.2, -0.15) is 0 Å². The molecule has 5 heteroatoms. The molecule has 0 aliphatic heterocycles. The molecule has 148 valence electrons. The maximum absolute atomic E-state index is 11.8. The molecule has 1 N–H and O–H groups in total. The SMILES string of the molecule is C=CCNC(=O)O/C(=C/c1ccc(N(CCCC)CCCC)cc1)C(C)=O. The van der Waals surface area contributed by atoms with Crippen molar-refractivity contribution in [3.05, 3.63) is 48.2 Å². The molecular formula is C22H32N2O3. The average Bonchev–Trinajstić information content (AvgIpc) is 2.66. The molecule has 0 saturated heterocycles. The first-order valence-corrected chi connectivity index (χ1v) is 9.66. The van der Waals surface area contributed by atoms with Crippen molar-refractivity contribution in [2.45, 2.75) is 46.5 Å². The Kier molecular flexibility index (Phi) is 10.6. The third kappa shape index (κ3) is 8.58. The molecule has 0 unspecified atom stereocenters. The van der Waals surface area contributed by atoms with E-state index in [1.807, 2.05) is 24.3 Å². The number of anilines is 1. The van der Waals surface area contributed by atoms with Gasteiger partial charge in [0.1, 0.15) is 0 Å². The predicted molar refractivity (Wildman–Crippen MR) is 112 cm³/mol. The van der Waals surface area contributed by atoms with Crippen LogP contribution in [-0.4, -0.2) is 31.5 Å². The quantitative estimate of drug-likeness (QED) is 0.321. The van der Waals surface area contributed by atoms with Gasteiger partial charge in [0, 0.05) is 32.2 Å². The lowest BCUT2D eigenvalue weighted by molar-refractivity contribution is -0.115. The van der Waals surface area contributed by atoms with Crippen molar-refractivity contribution in [2.24, 2.45) is 0 Å². The summed E-state index contributed by atoms with van der Waals surface area (Å²) in [6, 6.07) is 7.97. The van der Waals surface area contributed by atoms with Crippen LogP contribution < -0.4 is 10.2 Å². The molecule has 1 rings (SSSR count). The minimum atomic E-state index is -0.668. The molecule has 0 aliphatic rings. The number of Topliss-reactive ketones (excluding diaryl/α,β-unsaturated/α-hetero) is 1. The number of alkyl carbamates (subject to hydrolysis) is 1. The van der Waals surface area contributed by atoms with E-state index in [1.54, 1.807) is 12.2 Å². The molecular weight excluding hydrogens is 340 g/mol. The number of ketones is 1. The molecule has 0 heterocycles. The third-order valence-corrected chi connectivity index (χ3v) is 4.06. The van der Waals surface area contributed by atoms with Crippen molar-refractivity contribution in [3.63, 3.8) is 0 Å². The van der Waals surface area contributed by atoms with Crippen LogP contribution in [0, 0.1) is 0 Å². The van der Waals surface area contributed by atoms with Crippen molar-refractivity contribution in [1.82, 2.24) is 5.32 Å². The first-order chi connectivity index (χ1) is 13.0. The van der Waals surface area contributed by atoms with E-state index in [4.69, 9.17) is 4.74 Å². The summed E-state index contributed by atoms with van der Waals surface area (Å²) in [7, 11) is 0. The zero-order valence-corrected chi connectivity index (χ0v) is 16.8. The summed E-state index contributed by atoms with van der Waals surface area (Å²) >= 11 is 0. The average molecular weight is 373 g/mol. The Bertz CT molecular complexity index is 627. The van der Waals surface area contributed by atoms with Crippen LogP contribution in [0.15, 0.2) is 42.7 Å². The normalized spacial score (nSPS) is 11.0. The van der Waals surface area contributed by atoms with Crippen molar-refractivity contribution in [3.8, 4) is 0 Å². The van der Waals surface area contributed by atoms with Crippen LogP contribution in [0.5, 0.6) is 0 Å². The molecule has 0 fully saturated rings.